The minimum atomic E-state index is -0.534. The normalized spacial score (nSPS) is 19.8. The molecule has 0 bridgehead atoms. The number of nitrogens with one attached hydrogen (secondary N) is 1. The van der Waals surface area contributed by atoms with E-state index >= 15 is 0 Å². The second-order valence-electron chi connectivity index (χ2n) is 9.60. The molecule has 36 heavy (non-hydrogen) atoms. The average Bonchev–Trinajstić information content (AvgIpc) is 3.31. The van der Waals surface area contributed by atoms with Crippen LogP contribution in [-0.4, -0.2) is 61.3 Å². The number of phenolic OH excluding ortho intramolecular Hbond substituents is 1. The van der Waals surface area contributed by atoms with E-state index < -0.39 is 6.10 Å². The molecule has 2 N–H and O–H groups in total. The van der Waals surface area contributed by atoms with E-state index in [4.69, 9.17) is 16.3 Å². The van der Waals surface area contributed by atoms with Gasteiger partial charge in [0, 0.05) is 70.4 Å². The third-order valence-corrected chi connectivity index (χ3v) is 7.53. The van der Waals surface area contributed by atoms with E-state index in [1.807, 2.05) is 41.3 Å². The molecule has 3 aromatic rings. The molecule has 1 radical (unpaired) electrons. The van der Waals surface area contributed by atoms with Crippen LogP contribution in [0.5, 0.6) is 11.5 Å². The standard InChI is InChI=1S/C27H28ClN3O3.CH3.Y/c28-23-12-24-25(11-22(23)21-10-19(32)9-18-5-1-2-6-20(18)21)34-26(16-30-7-3-4-8-30)27(33)31(24)15-17-13-29-14-17;;/h1-2,5-6,9-12,17,26,29,32H,3-4,7-8,13-16H2;1H3;/q;-1;. The van der Waals surface area contributed by atoms with Gasteiger partial charge in [-0.25, -0.2) is 0 Å². The molecule has 2 fully saturated rings. The Balaban J connectivity index is 0.00000152. The van der Waals surface area contributed by atoms with E-state index in [0.29, 0.717) is 29.8 Å². The summed E-state index contributed by atoms with van der Waals surface area (Å²) in [5.74, 6) is 1.29. The van der Waals surface area contributed by atoms with Gasteiger partial charge in [-0.3, -0.25) is 9.69 Å². The molecule has 1 unspecified atom stereocenters. The van der Waals surface area contributed by atoms with Gasteiger partial charge in [-0.1, -0.05) is 35.9 Å². The fourth-order valence-electron chi connectivity index (χ4n) is 5.31. The maximum Gasteiger partial charge on any atom is 0.269 e. The molecule has 3 heterocycles. The number of nitrogens with zero attached hydrogens (tertiary/aromatic N) is 2. The number of carbonyl (C=O) groups is 1. The van der Waals surface area contributed by atoms with Gasteiger partial charge in [-0.15, -0.1) is 0 Å². The number of phenols is 1. The quantitative estimate of drug-likeness (QED) is 0.427. The Bertz CT molecular complexity index is 1260. The second kappa shape index (κ2) is 11.4. The molecule has 3 aliphatic heterocycles. The van der Waals surface area contributed by atoms with Crippen molar-refractivity contribution in [2.45, 2.75) is 18.9 Å². The van der Waals surface area contributed by atoms with Crippen LogP contribution in [0.25, 0.3) is 21.9 Å². The van der Waals surface area contributed by atoms with Gasteiger partial charge < -0.3 is 27.5 Å². The molecule has 0 aliphatic carbocycles. The molecule has 6 rings (SSSR count). The number of hydrogen-bond acceptors (Lipinski definition) is 5. The van der Waals surface area contributed by atoms with Crippen LogP contribution in [-0.2, 0) is 37.5 Å². The summed E-state index contributed by atoms with van der Waals surface area (Å²) in [5.41, 5.74) is 2.36. The number of carbonyl (C=O) groups excluding carboxylic acids is 1. The first-order valence-electron chi connectivity index (χ1n) is 12.0. The summed E-state index contributed by atoms with van der Waals surface area (Å²) < 4.78 is 6.36. The zero-order valence-corrected chi connectivity index (χ0v) is 24.1. The summed E-state index contributed by atoms with van der Waals surface area (Å²) in [6, 6.07) is 15.2. The molecule has 3 aromatic carbocycles. The molecule has 0 spiro atoms. The zero-order valence-electron chi connectivity index (χ0n) is 20.5. The summed E-state index contributed by atoms with van der Waals surface area (Å²) in [7, 11) is 0. The molecule has 3 aliphatic rings. The van der Waals surface area contributed by atoms with Crippen LogP contribution in [0.2, 0.25) is 5.02 Å². The molecule has 0 saturated carbocycles. The maximum atomic E-state index is 13.5. The van der Waals surface area contributed by atoms with E-state index in [0.717, 1.165) is 53.8 Å². The van der Waals surface area contributed by atoms with Gasteiger partial charge >= 0.3 is 0 Å². The van der Waals surface area contributed by atoms with Crippen LogP contribution in [0.3, 0.4) is 0 Å². The SMILES string of the molecule is O=C1C(CN2CCCC2)Oc2cc(-c3cc(O)cc4ccccc34)c(Cl)cc2N1CC1CNC1.[CH3-].[Y]. The Hall–Kier alpha value is -1.70. The number of hydrogen-bond donors (Lipinski definition) is 2. The van der Waals surface area contributed by atoms with E-state index in [1.165, 1.54) is 12.8 Å². The minimum Gasteiger partial charge on any atom is -0.508 e. The molecule has 6 nitrogen and oxygen atoms in total. The van der Waals surface area contributed by atoms with Crippen LogP contribution in [0.4, 0.5) is 5.69 Å². The summed E-state index contributed by atoms with van der Waals surface area (Å²) in [4.78, 5) is 17.7. The van der Waals surface area contributed by atoms with Gasteiger partial charge in [0.1, 0.15) is 11.5 Å². The topological polar surface area (TPSA) is 65.0 Å². The van der Waals surface area contributed by atoms with Crippen LogP contribution in [0, 0.1) is 13.3 Å². The minimum absolute atomic E-state index is 0. The van der Waals surface area contributed by atoms with Gasteiger partial charge in [-0.05, 0) is 66.5 Å². The van der Waals surface area contributed by atoms with Crippen molar-refractivity contribution in [3.05, 3.63) is 61.0 Å². The number of amides is 1. The third kappa shape index (κ3) is 5.16. The Morgan fingerprint density at radius 3 is 2.50 bits per heavy atom. The molecular weight excluding hydrogens is 551 g/mol. The molecule has 1 atom stereocenters. The van der Waals surface area contributed by atoms with Gasteiger partial charge in [0.25, 0.3) is 5.91 Å². The molecule has 1 amide bonds. The largest absolute Gasteiger partial charge is 0.508 e. The van der Waals surface area contributed by atoms with Crippen LogP contribution < -0.4 is 15.0 Å². The maximum absolute atomic E-state index is 13.5. The number of ether oxygens (including phenoxy) is 1. The molecule has 0 aromatic heterocycles. The van der Waals surface area contributed by atoms with Crippen molar-refractivity contribution in [2.24, 2.45) is 5.92 Å². The Labute approximate surface area is 242 Å². The summed E-state index contributed by atoms with van der Waals surface area (Å²) in [5, 5.41) is 16.1. The summed E-state index contributed by atoms with van der Waals surface area (Å²) in [6.07, 6.45) is 1.80. The van der Waals surface area contributed by atoms with E-state index in [9.17, 15) is 9.90 Å². The number of aromatic hydroxyl groups is 1. The smallest absolute Gasteiger partial charge is 0.269 e. The molecule has 2 saturated heterocycles. The Morgan fingerprint density at radius 2 is 1.78 bits per heavy atom. The van der Waals surface area contributed by atoms with Crippen LogP contribution in [0.1, 0.15) is 12.8 Å². The van der Waals surface area contributed by atoms with Crippen LogP contribution in [0.15, 0.2) is 48.5 Å². The van der Waals surface area contributed by atoms with E-state index in [2.05, 4.69) is 10.2 Å². The Kier molecular flexibility index (Phi) is 8.63. The molecule has 187 valence electrons. The predicted molar refractivity (Wildman–Crippen MR) is 141 cm³/mol. The van der Waals surface area contributed by atoms with Crippen molar-refractivity contribution >= 4 is 34.0 Å². The number of halogens is 1. The average molecular weight is 582 g/mol. The van der Waals surface area contributed by atoms with Crippen LogP contribution >= 0.6 is 11.6 Å². The van der Waals surface area contributed by atoms with Crippen molar-refractivity contribution in [2.75, 3.05) is 44.2 Å². The summed E-state index contributed by atoms with van der Waals surface area (Å²) >= 11 is 6.82. The van der Waals surface area contributed by atoms with Gasteiger partial charge in [-0.2, -0.15) is 0 Å². The van der Waals surface area contributed by atoms with Crippen molar-refractivity contribution < 1.29 is 47.3 Å². The van der Waals surface area contributed by atoms with E-state index in [1.54, 1.807) is 12.1 Å². The fourth-order valence-corrected chi connectivity index (χ4v) is 5.57. The van der Waals surface area contributed by atoms with E-state index in [-0.39, 0.29) is 51.8 Å². The number of likely N-dealkylation sites (tertiary alicyclic amines) is 1. The van der Waals surface area contributed by atoms with Crippen molar-refractivity contribution in [3.63, 3.8) is 0 Å². The first-order chi connectivity index (χ1) is 16.6. The van der Waals surface area contributed by atoms with Crippen molar-refractivity contribution in [1.29, 1.82) is 0 Å². The van der Waals surface area contributed by atoms with Gasteiger partial charge in [0.05, 0.1) is 10.7 Å². The first kappa shape index (κ1) is 27.3. The number of fused-ring (bicyclic) bond motifs is 2. The number of rotatable bonds is 5. The zero-order chi connectivity index (χ0) is 23.2. The van der Waals surface area contributed by atoms with Gasteiger partial charge in [0.15, 0.2) is 6.10 Å². The molecule has 8 heteroatoms. The van der Waals surface area contributed by atoms with Crippen molar-refractivity contribution in [3.8, 4) is 22.6 Å². The fraction of sp³-hybridized carbons (Fsp3) is 0.357. The first-order valence-corrected chi connectivity index (χ1v) is 12.4. The summed E-state index contributed by atoms with van der Waals surface area (Å²) in [6.45, 7) is 5.10. The third-order valence-electron chi connectivity index (χ3n) is 7.22. The molecular formula is C28H31ClN3O3Y-. The monoisotopic (exact) mass is 581 g/mol. The number of benzene rings is 3. The van der Waals surface area contributed by atoms with Crippen molar-refractivity contribution in [1.82, 2.24) is 10.2 Å². The Morgan fingerprint density at radius 1 is 1.03 bits per heavy atom. The van der Waals surface area contributed by atoms with Gasteiger partial charge in [0.2, 0.25) is 0 Å². The number of anilines is 1. The predicted octanol–water partition coefficient (Wildman–Crippen LogP) is 4.72. The second-order valence-corrected chi connectivity index (χ2v) is 10.0.